The van der Waals surface area contributed by atoms with Crippen LogP contribution in [-0.4, -0.2) is 38.4 Å². The number of nitrogens with zero attached hydrogens (tertiary/aromatic N) is 2. The number of rotatable bonds is 7. The van der Waals surface area contributed by atoms with E-state index in [1.807, 2.05) is 37.3 Å². The number of hydrogen-bond acceptors (Lipinski definition) is 5. The first-order valence-corrected chi connectivity index (χ1v) is 11.3. The fourth-order valence-electron chi connectivity index (χ4n) is 3.31. The summed E-state index contributed by atoms with van der Waals surface area (Å²) in [6.45, 7) is 1.96. The average molecular weight is 416 g/mol. The van der Waals surface area contributed by atoms with Crippen LogP contribution in [-0.2, 0) is 14.8 Å². The molecule has 0 spiro atoms. The second kappa shape index (κ2) is 8.65. The highest BCUT2D eigenvalue weighted by atomic mass is 32.2. The van der Waals surface area contributed by atoms with Crippen LogP contribution in [0, 0.1) is 0 Å². The molecule has 0 aromatic heterocycles. The molecule has 0 radical (unpaired) electrons. The Bertz CT molecular complexity index is 1020. The van der Waals surface area contributed by atoms with Crippen LogP contribution in [0.3, 0.4) is 0 Å². The maximum atomic E-state index is 12.7. The molecule has 7 nitrogen and oxygen atoms in total. The third-order valence-electron chi connectivity index (χ3n) is 4.63. The van der Waals surface area contributed by atoms with Crippen molar-refractivity contribution in [2.45, 2.75) is 32.2 Å². The predicted molar refractivity (Wildman–Crippen MR) is 114 cm³/mol. The van der Waals surface area contributed by atoms with E-state index >= 15 is 0 Å². The lowest BCUT2D eigenvalue weighted by Crippen LogP contribution is -2.26. The number of anilines is 1. The summed E-state index contributed by atoms with van der Waals surface area (Å²) in [5, 5.41) is 6.16. The normalized spacial score (nSPS) is 16.4. The second-order valence-corrected chi connectivity index (χ2v) is 8.73. The topological polar surface area (TPSA) is 88.1 Å². The maximum Gasteiger partial charge on any atom is 0.243 e. The summed E-state index contributed by atoms with van der Waals surface area (Å²) < 4.78 is 30.8. The molecule has 154 valence electrons. The summed E-state index contributed by atoms with van der Waals surface area (Å²) in [6.07, 6.45) is 2.81. The quantitative estimate of drug-likeness (QED) is 0.749. The van der Waals surface area contributed by atoms with Crippen LogP contribution in [0.5, 0.6) is 5.75 Å². The maximum absolute atomic E-state index is 12.7. The van der Waals surface area contributed by atoms with Gasteiger partial charge in [-0.1, -0.05) is 31.2 Å². The van der Waals surface area contributed by atoms with E-state index < -0.39 is 10.0 Å². The van der Waals surface area contributed by atoms with Gasteiger partial charge in [0.15, 0.2) is 0 Å². The number of hydrazone groups is 1. The molecule has 1 amide bonds. The van der Waals surface area contributed by atoms with Crippen molar-refractivity contribution < 1.29 is 17.9 Å². The highest BCUT2D eigenvalue weighted by Crippen LogP contribution is 2.34. The van der Waals surface area contributed by atoms with Crippen molar-refractivity contribution in [2.24, 2.45) is 5.10 Å². The van der Waals surface area contributed by atoms with Gasteiger partial charge in [-0.05, 0) is 41.8 Å². The van der Waals surface area contributed by atoms with Crippen LogP contribution in [0.4, 0.5) is 5.69 Å². The molecule has 1 atom stereocenters. The van der Waals surface area contributed by atoms with Crippen LogP contribution < -0.4 is 9.46 Å². The molecular formula is C21H25N3O4S. The van der Waals surface area contributed by atoms with Gasteiger partial charge in [0.25, 0.3) is 0 Å². The zero-order valence-corrected chi connectivity index (χ0v) is 17.6. The summed E-state index contributed by atoms with van der Waals surface area (Å²) in [5.41, 5.74) is 2.96. The molecule has 2 aromatic carbocycles. The van der Waals surface area contributed by atoms with Crippen molar-refractivity contribution in [3.63, 3.8) is 0 Å². The van der Waals surface area contributed by atoms with E-state index in [9.17, 15) is 13.2 Å². The molecule has 1 N–H and O–H groups in total. The van der Waals surface area contributed by atoms with E-state index in [1.165, 1.54) is 0 Å². The number of benzene rings is 2. The second-order valence-electron chi connectivity index (χ2n) is 6.98. The molecule has 0 saturated heterocycles. The van der Waals surface area contributed by atoms with Gasteiger partial charge in [-0.15, -0.1) is 0 Å². The molecule has 0 fully saturated rings. The van der Waals surface area contributed by atoms with Crippen molar-refractivity contribution in [3.8, 4) is 5.75 Å². The third kappa shape index (κ3) is 5.14. The van der Waals surface area contributed by atoms with Gasteiger partial charge >= 0.3 is 0 Å². The number of hydrogen-bond donors (Lipinski definition) is 1. The number of carbonyl (C=O) groups excluding carboxylic acids is 1. The zero-order chi connectivity index (χ0) is 21.0. The molecule has 0 unspecified atom stereocenters. The van der Waals surface area contributed by atoms with Gasteiger partial charge in [-0.3, -0.25) is 9.52 Å². The van der Waals surface area contributed by atoms with Crippen molar-refractivity contribution in [1.29, 1.82) is 0 Å². The lowest BCUT2D eigenvalue weighted by Gasteiger charge is -2.22. The van der Waals surface area contributed by atoms with Crippen LogP contribution in [0.25, 0.3) is 0 Å². The molecule has 0 bridgehead atoms. The number of nitrogens with one attached hydrogen (secondary N) is 1. The first kappa shape index (κ1) is 20.9. The molecule has 1 aliphatic heterocycles. The minimum Gasteiger partial charge on any atom is -0.497 e. The lowest BCUT2D eigenvalue weighted by molar-refractivity contribution is -0.133. The van der Waals surface area contributed by atoms with Gasteiger partial charge in [-0.2, -0.15) is 5.10 Å². The number of amides is 1. The molecular weight excluding hydrogens is 390 g/mol. The number of methoxy groups -OCH3 is 1. The van der Waals surface area contributed by atoms with Crippen LogP contribution in [0.1, 0.15) is 43.4 Å². The van der Waals surface area contributed by atoms with Crippen molar-refractivity contribution in [3.05, 3.63) is 59.7 Å². The minimum absolute atomic E-state index is 0.0336. The van der Waals surface area contributed by atoms with E-state index in [-0.39, 0.29) is 11.9 Å². The largest absolute Gasteiger partial charge is 0.497 e. The Hall–Kier alpha value is -2.87. The molecule has 2 aromatic rings. The Morgan fingerprint density at radius 2 is 1.97 bits per heavy atom. The van der Waals surface area contributed by atoms with E-state index in [1.54, 1.807) is 30.3 Å². The Kier molecular flexibility index (Phi) is 6.22. The van der Waals surface area contributed by atoms with Gasteiger partial charge in [0.05, 0.1) is 25.1 Å². The fourth-order valence-corrected chi connectivity index (χ4v) is 3.86. The predicted octanol–water partition coefficient (Wildman–Crippen LogP) is 3.54. The lowest BCUT2D eigenvalue weighted by atomic mass is 9.98. The molecule has 3 rings (SSSR count). The summed E-state index contributed by atoms with van der Waals surface area (Å²) in [4.78, 5) is 12.7. The summed E-state index contributed by atoms with van der Waals surface area (Å²) in [5.74, 6) is 0.715. The minimum atomic E-state index is -3.38. The van der Waals surface area contributed by atoms with E-state index in [2.05, 4.69) is 9.82 Å². The van der Waals surface area contributed by atoms with Crippen LogP contribution >= 0.6 is 0 Å². The summed E-state index contributed by atoms with van der Waals surface area (Å²) >= 11 is 0. The molecule has 1 aliphatic rings. The third-order valence-corrected chi connectivity index (χ3v) is 5.24. The number of carbonyl (C=O) groups is 1. The number of ether oxygens (including phenoxy) is 1. The van der Waals surface area contributed by atoms with Gasteiger partial charge in [0.2, 0.25) is 15.9 Å². The Labute approximate surface area is 171 Å². The Morgan fingerprint density at radius 1 is 1.24 bits per heavy atom. The van der Waals surface area contributed by atoms with Gasteiger partial charge in [-0.25, -0.2) is 13.4 Å². The summed E-state index contributed by atoms with van der Waals surface area (Å²) in [6, 6.07) is 14.5. The number of sulfonamides is 1. The smallest absolute Gasteiger partial charge is 0.243 e. The summed E-state index contributed by atoms with van der Waals surface area (Å²) in [7, 11) is -1.76. The molecule has 0 saturated carbocycles. The van der Waals surface area contributed by atoms with Crippen molar-refractivity contribution >= 4 is 27.3 Å². The SMILES string of the molecule is CCCC(=O)N1N=C(c2cccc(NS(C)(=O)=O)c2)C[C@H]1c1ccc(OC)cc1. The fraction of sp³-hybridized carbons (Fsp3) is 0.333. The molecule has 8 heteroatoms. The molecule has 0 aliphatic carbocycles. The Morgan fingerprint density at radius 3 is 2.59 bits per heavy atom. The van der Waals surface area contributed by atoms with E-state index in [4.69, 9.17) is 4.74 Å². The van der Waals surface area contributed by atoms with Gasteiger partial charge < -0.3 is 4.74 Å². The average Bonchev–Trinajstić information content (AvgIpc) is 3.13. The first-order valence-electron chi connectivity index (χ1n) is 9.42. The standard InChI is InChI=1S/C21H25N3O4S/c1-4-6-21(25)24-20(15-9-11-18(28-2)12-10-15)14-19(22-24)16-7-5-8-17(13-16)23-29(3,26)27/h5,7-13,20,23H,4,6,14H2,1-3H3/t20-/m0/s1. The van der Waals surface area contributed by atoms with Crippen molar-refractivity contribution in [1.82, 2.24) is 5.01 Å². The monoisotopic (exact) mass is 415 g/mol. The highest BCUT2D eigenvalue weighted by molar-refractivity contribution is 7.92. The van der Waals surface area contributed by atoms with E-state index in [0.29, 0.717) is 18.5 Å². The van der Waals surface area contributed by atoms with Crippen molar-refractivity contribution in [2.75, 3.05) is 18.1 Å². The van der Waals surface area contributed by atoms with E-state index in [0.717, 1.165) is 35.3 Å². The van der Waals surface area contributed by atoms with Crippen LogP contribution in [0.15, 0.2) is 53.6 Å². The first-order chi connectivity index (χ1) is 13.8. The van der Waals surface area contributed by atoms with Gasteiger partial charge in [0, 0.05) is 18.5 Å². The van der Waals surface area contributed by atoms with Crippen LogP contribution in [0.2, 0.25) is 0 Å². The zero-order valence-electron chi connectivity index (χ0n) is 16.8. The van der Waals surface area contributed by atoms with Gasteiger partial charge in [0.1, 0.15) is 5.75 Å². The Balaban J connectivity index is 1.92. The molecule has 1 heterocycles. The molecule has 29 heavy (non-hydrogen) atoms. The highest BCUT2D eigenvalue weighted by Gasteiger charge is 2.32.